The van der Waals surface area contributed by atoms with E-state index in [0.717, 1.165) is 63.3 Å². The van der Waals surface area contributed by atoms with Crippen molar-refractivity contribution in [1.82, 2.24) is 10.6 Å². The zero-order valence-corrected chi connectivity index (χ0v) is 15.7. The van der Waals surface area contributed by atoms with Crippen LogP contribution in [0.1, 0.15) is 36.8 Å². The molecule has 0 bridgehead atoms. The lowest BCUT2D eigenvalue weighted by molar-refractivity contribution is -0.123. The molecule has 5 heteroatoms. The zero-order valence-electron chi connectivity index (χ0n) is 15.7. The molecular formula is C21H30N2O3. The van der Waals surface area contributed by atoms with E-state index in [1.165, 1.54) is 5.56 Å². The first-order valence-electron chi connectivity index (χ1n) is 9.95. The van der Waals surface area contributed by atoms with Gasteiger partial charge >= 0.3 is 0 Å². The Morgan fingerprint density at radius 2 is 2.23 bits per heavy atom. The first-order valence-corrected chi connectivity index (χ1v) is 9.95. The van der Waals surface area contributed by atoms with Crippen molar-refractivity contribution in [3.05, 3.63) is 29.3 Å². The summed E-state index contributed by atoms with van der Waals surface area (Å²) >= 11 is 0. The molecule has 1 saturated carbocycles. The fourth-order valence-electron chi connectivity index (χ4n) is 4.37. The molecule has 3 aliphatic rings. The molecule has 2 unspecified atom stereocenters. The maximum absolute atomic E-state index is 12.6. The Balaban J connectivity index is 1.33. The van der Waals surface area contributed by atoms with E-state index in [0.29, 0.717) is 19.1 Å². The number of ether oxygens (including phenoxy) is 2. The molecule has 0 radical (unpaired) electrons. The molecule has 2 aliphatic heterocycles. The van der Waals surface area contributed by atoms with Gasteiger partial charge in [-0.1, -0.05) is 12.1 Å². The number of rotatable bonds is 6. The summed E-state index contributed by atoms with van der Waals surface area (Å²) in [4.78, 5) is 12.6. The molecule has 2 N–H and O–H groups in total. The SMILES string of the molecule is Cc1ccc(CNC(=O)C2CC23CCNCC3)c(OCC2CCOC2)c1. The molecule has 4 rings (SSSR count). The number of amides is 1. The Kier molecular flexibility index (Phi) is 5.18. The Morgan fingerprint density at radius 3 is 3.00 bits per heavy atom. The fourth-order valence-corrected chi connectivity index (χ4v) is 4.37. The molecular weight excluding hydrogens is 328 g/mol. The highest BCUT2D eigenvalue weighted by Gasteiger charge is 2.57. The molecule has 26 heavy (non-hydrogen) atoms. The lowest BCUT2D eigenvalue weighted by Crippen LogP contribution is -2.33. The lowest BCUT2D eigenvalue weighted by atomic mass is 9.92. The van der Waals surface area contributed by atoms with Gasteiger partial charge in [0.05, 0.1) is 13.2 Å². The predicted molar refractivity (Wildman–Crippen MR) is 100 cm³/mol. The minimum atomic E-state index is 0.204. The Hall–Kier alpha value is -1.59. The van der Waals surface area contributed by atoms with Gasteiger partial charge in [0.1, 0.15) is 5.75 Å². The van der Waals surface area contributed by atoms with Gasteiger partial charge in [-0.25, -0.2) is 0 Å². The van der Waals surface area contributed by atoms with Crippen LogP contribution >= 0.6 is 0 Å². The highest BCUT2D eigenvalue weighted by molar-refractivity contribution is 5.82. The number of benzene rings is 1. The monoisotopic (exact) mass is 358 g/mol. The number of piperidine rings is 1. The van der Waals surface area contributed by atoms with E-state index in [2.05, 4.69) is 35.8 Å². The third-order valence-electron chi connectivity index (χ3n) is 6.28. The summed E-state index contributed by atoms with van der Waals surface area (Å²) in [7, 11) is 0. The van der Waals surface area contributed by atoms with Crippen LogP contribution in [-0.2, 0) is 16.1 Å². The second-order valence-corrected chi connectivity index (χ2v) is 8.24. The number of aryl methyl sites for hydroxylation is 1. The zero-order chi connectivity index (χ0) is 18.0. The normalized spacial score (nSPS) is 26.7. The quantitative estimate of drug-likeness (QED) is 0.820. The summed E-state index contributed by atoms with van der Waals surface area (Å²) < 4.78 is 11.5. The lowest BCUT2D eigenvalue weighted by Gasteiger charge is -2.23. The Bertz CT molecular complexity index is 649. The molecule has 2 atom stereocenters. The Morgan fingerprint density at radius 1 is 1.38 bits per heavy atom. The van der Waals surface area contributed by atoms with Crippen molar-refractivity contribution in [3.63, 3.8) is 0 Å². The van der Waals surface area contributed by atoms with E-state index < -0.39 is 0 Å². The molecule has 0 aromatic heterocycles. The van der Waals surface area contributed by atoms with Gasteiger partial charge in [0, 0.05) is 30.6 Å². The molecule has 1 amide bonds. The van der Waals surface area contributed by atoms with Crippen LogP contribution in [0.5, 0.6) is 5.75 Å². The molecule has 2 heterocycles. The molecule has 1 aromatic rings. The maximum Gasteiger partial charge on any atom is 0.223 e. The predicted octanol–water partition coefficient (Wildman–Crippen LogP) is 2.42. The van der Waals surface area contributed by atoms with Crippen molar-refractivity contribution >= 4 is 5.91 Å². The standard InChI is InChI=1S/C21H30N2O3/c1-15-2-3-17(19(10-15)26-14-16-4-9-25-13-16)12-23-20(24)18-11-21(18)5-7-22-8-6-21/h2-3,10,16,18,22H,4-9,11-14H2,1H3,(H,23,24). The maximum atomic E-state index is 12.6. The van der Waals surface area contributed by atoms with Crippen LogP contribution in [0.4, 0.5) is 0 Å². The van der Waals surface area contributed by atoms with Crippen LogP contribution in [0.3, 0.4) is 0 Å². The second kappa shape index (κ2) is 7.57. The second-order valence-electron chi connectivity index (χ2n) is 8.24. The molecule has 142 valence electrons. The van der Waals surface area contributed by atoms with Crippen molar-refractivity contribution in [1.29, 1.82) is 0 Å². The number of hydrogen-bond donors (Lipinski definition) is 2. The molecule has 3 fully saturated rings. The third-order valence-corrected chi connectivity index (χ3v) is 6.28. The molecule has 2 saturated heterocycles. The number of hydrogen-bond acceptors (Lipinski definition) is 4. The fraction of sp³-hybridized carbons (Fsp3) is 0.667. The van der Waals surface area contributed by atoms with Crippen molar-refractivity contribution in [3.8, 4) is 5.75 Å². The highest BCUT2D eigenvalue weighted by atomic mass is 16.5. The van der Waals surface area contributed by atoms with Crippen molar-refractivity contribution in [2.45, 2.75) is 39.2 Å². The van der Waals surface area contributed by atoms with Crippen LogP contribution < -0.4 is 15.4 Å². The summed E-state index contributed by atoms with van der Waals surface area (Å²) in [5.74, 6) is 1.78. The molecule has 1 aromatic carbocycles. The molecule has 5 nitrogen and oxygen atoms in total. The molecule has 1 spiro atoms. The van der Waals surface area contributed by atoms with Gasteiger partial charge in [-0.05, 0) is 62.7 Å². The minimum Gasteiger partial charge on any atom is -0.493 e. The summed E-state index contributed by atoms with van der Waals surface area (Å²) in [5.41, 5.74) is 2.52. The van der Waals surface area contributed by atoms with Crippen LogP contribution in [0.25, 0.3) is 0 Å². The van der Waals surface area contributed by atoms with Gasteiger partial charge in [-0.3, -0.25) is 4.79 Å². The topological polar surface area (TPSA) is 59.6 Å². The largest absolute Gasteiger partial charge is 0.493 e. The average molecular weight is 358 g/mol. The van der Waals surface area contributed by atoms with Gasteiger partial charge in [0.25, 0.3) is 0 Å². The van der Waals surface area contributed by atoms with Gasteiger partial charge < -0.3 is 20.1 Å². The minimum absolute atomic E-state index is 0.204. The summed E-state index contributed by atoms with van der Waals surface area (Å²) in [6, 6.07) is 6.23. The van der Waals surface area contributed by atoms with E-state index in [9.17, 15) is 4.79 Å². The van der Waals surface area contributed by atoms with Crippen LogP contribution in [-0.4, -0.2) is 38.8 Å². The van der Waals surface area contributed by atoms with E-state index in [1.807, 2.05) is 0 Å². The average Bonchev–Trinajstić information content (AvgIpc) is 3.09. The summed E-state index contributed by atoms with van der Waals surface area (Å²) in [5, 5.41) is 6.55. The first-order chi connectivity index (χ1) is 12.7. The van der Waals surface area contributed by atoms with E-state index in [4.69, 9.17) is 9.47 Å². The van der Waals surface area contributed by atoms with Gasteiger partial charge in [0.2, 0.25) is 5.91 Å². The Labute approximate surface area is 155 Å². The van der Waals surface area contributed by atoms with Gasteiger partial charge in [0.15, 0.2) is 0 Å². The third kappa shape index (κ3) is 3.89. The summed E-state index contributed by atoms with van der Waals surface area (Å²) in [6.45, 7) is 7.01. The molecule has 1 aliphatic carbocycles. The smallest absolute Gasteiger partial charge is 0.223 e. The van der Waals surface area contributed by atoms with E-state index in [-0.39, 0.29) is 17.2 Å². The van der Waals surface area contributed by atoms with Gasteiger partial charge in [-0.15, -0.1) is 0 Å². The van der Waals surface area contributed by atoms with E-state index >= 15 is 0 Å². The van der Waals surface area contributed by atoms with Crippen LogP contribution in [0, 0.1) is 24.2 Å². The number of carbonyl (C=O) groups excluding carboxylic acids is 1. The van der Waals surface area contributed by atoms with Crippen molar-refractivity contribution in [2.24, 2.45) is 17.3 Å². The first kappa shape index (κ1) is 17.8. The van der Waals surface area contributed by atoms with Crippen molar-refractivity contribution in [2.75, 3.05) is 32.9 Å². The van der Waals surface area contributed by atoms with E-state index in [1.54, 1.807) is 0 Å². The number of carbonyl (C=O) groups is 1. The highest BCUT2D eigenvalue weighted by Crippen LogP contribution is 2.58. The van der Waals surface area contributed by atoms with Crippen LogP contribution in [0.15, 0.2) is 18.2 Å². The van der Waals surface area contributed by atoms with Crippen molar-refractivity contribution < 1.29 is 14.3 Å². The van der Waals surface area contributed by atoms with Gasteiger partial charge in [-0.2, -0.15) is 0 Å². The number of nitrogens with one attached hydrogen (secondary N) is 2. The summed E-state index contributed by atoms with van der Waals surface area (Å²) in [6.07, 6.45) is 4.39. The van der Waals surface area contributed by atoms with Crippen LogP contribution in [0.2, 0.25) is 0 Å².